The summed E-state index contributed by atoms with van der Waals surface area (Å²) in [6.07, 6.45) is 0. The molecule has 0 spiro atoms. The second-order valence-electron chi connectivity index (χ2n) is 4.99. The number of carbonyl (C=O) groups excluding carboxylic acids is 1. The molecule has 2 nitrogen and oxygen atoms in total. The third-order valence-electron chi connectivity index (χ3n) is 3.77. The minimum absolute atomic E-state index is 0.521. The van der Waals surface area contributed by atoms with Crippen molar-refractivity contribution in [3.63, 3.8) is 0 Å². The minimum atomic E-state index is -0.939. The van der Waals surface area contributed by atoms with Gasteiger partial charge in [-0.2, -0.15) is 0 Å². The Morgan fingerprint density at radius 2 is 0.909 bits per heavy atom. The van der Waals surface area contributed by atoms with Crippen molar-refractivity contribution in [2.45, 2.75) is 5.60 Å². The van der Waals surface area contributed by atoms with Crippen LogP contribution in [-0.2, 0) is 15.1 Å². The molecular weight excluding hydrogens is 272 g/mol. The Bertz CT molecular complexity index is 625. The first kappa shape index (κ1) is 14.1. The Morgan fingerprint density at radius 1 is 0.591 bits per heavy atom. The molecule has 0 unspecified atom stereocenters. The van der Waals surface area contributed by atoms with Gasteiger partial charge in [-0.05, 0) is 0 Å². The second kappa shape index (κ2) is 6.27. The first-order valence-corrected chi connectivity index (χ1v) is 7.16. The third-order valence-corrected chi connectivity index (χ3v) is 3.77. The summed E-state index contributed by atoms with van der Waals surface area (Å²) in [6, 6.07) is 29.4. The van der Waals surface area contributed by atoms with Crippen LogP contribution in [0.25, 0.3) is 0 Å². The van der Waals surface area contributed by atoms with Crippen LogP contribution in [0.4, 0.5) is 0 Å². The predicted molar refractivity (Wildman–Crippen MR) is 86.4 cm³/mol. The zero-order valence-corrected chi connectivity index (χ0v) is 12.1. The van der Waals surface area contributed by atoms with E-state index in [-0.39, 0.29) is 0 Å². The standard InChI is InChI=1S/C20H16O2/c21-16-22-20(17-10-4-1-5-11-17,18-12-6-2-7-13-18)19-14-8-3-9-15-19/h1-16H. The number of carbonyl (C=O) groups is 1. The zero-order valence-electron chi connectivity index (χ0n) is 12.1. The van der Waals surface area contributed by atoms with Crippen LogP contribution in [0.5, 0.6) is 0 Å². The highest BCUT2D eigenvalue weighted by Crippen LogP contribution is 2.39. The molecule has 0 amide bonds. The maximum Gasteiger partial charge on any atom is 0.294 e. The molecule has 0 radical (unpaired) electrons. The van der Waals surface area contributed by atoms with Crippen molar-refractivity contribution >= 4 is 6.47 Å². The van der Waals surface area contributed by atoms with E-state index in [1.54, 1.807) is 0 Å². The molecule has 0 bridgehead atoms. The molecule has 0 aliphatic heterocycles. The molecule has 0 saturated heterocycles. The van der Waals surface area contributed by atoms with E-state index in [0.717, 1.165) is 16.7 Å². The number of rotatable bonds is 5. The molecule has 3 aromatic rings. The highest BCUT2D eigenvalue weighted by atomic mass is 16.5. The molecule has 3 aromatic carbocycles. The van der Waals surface area contributed by atoms with Crippen molar-refractivity contribution < 1.29 is 9.53 Å². The first-order valence-electron chi connectivity index (χ1n) is 7.16. The molecule has 0 heterocycles. The van der Waals surface area contributed by atoms with Gasteiger partial charge in [-0.25, -0.2) is 0 Å². The number of hydrogen-bond acceptors (Lipinski definition) is 2. The van der Waals surface area contributed by atoms with Gasteiger partial charge >= 0.3 is 0 Å². The lowest BCUT2D eigenvalue weighted by molar-refractivity contribution is -0.137. The minimum Gasteiger partial charge on any atom is -0.446 e. The van der Waals surface area contributed by atoms with Gasteiger partial charge in [0.2, 0.25) is 0 Å². The molecule has 0 fully saturated rings. The number of hydrogen-bond donors (Lipinski definition) is 0. The Morgan fingerprint density at radius 3 is 1.18 bits per heavy atom. The van der Waals surface area contributed by atoms with Gasteiger partial charge < -0.3 is 4.74 Å². The monoisotopic (exact) mass is 288 g/mol. The van der Waals surface area contributed by atoms with E-state index in [0.29, 0.717) is 6.47 Å². The summed E-state index contributed by atoms with van der Waals surface area (Å²) in [5.41, 5.74) is 1.81. The van der Waals surface area contributed by atoms with Gasteiger partial charge in [0, 0.05) is 16.7 Å². The van der Waals surface area contributed by atoms with E-state index in [2.05, 4.69) is 0 Å². The van der Waals surface area contributed by atoms with Crippen LogP contribution in [-0.4, -0.2) is 6.47 Å². The van der Waals surface area contributed by atoms with E-state index in [1.807, 2.05) is 91.0 Å². The van der Waals surface area contributed by atoms with Gasteiger partial charge in [0.1, 0.15) is 0 Å². The van der Waals surface area contributed by atoms with Crippen LogP contribution < -0.4 is 0 Å². The zero-order chi connectivity index (χ0) is 15.3. The lowest BCUT2D eigenvalue weighted by Gasteiger charge is -2.33. The first-order chi connectivity index (χ1) is 10.9. The van der Waals surface area contributed by atoms with Gasteiger partial charge in [0.05, 0.1) is 0 Å². The van der Waals surface area contributed by atoms with E-state index >= 15 is 0 Å². The molecule has 0 aliphatic carbocycles. The van der Waals surface area contributed by atoms with Crippen LogP contribution >= 0.6 is 0 Å². The summed E-state index contributed by atoms with van der Waals surface area (Å²) in [5, 5.41) is 0. The fraction of sp³-hybridized carbons (Fsp3) is 0.0500. The average molecular weight is 288 g/mol. The fourth-order valence-corrected chi connectivity index (χ4v) is 2.79. The van der Waals surface area contributed by atoms with E-state index < -0.39 is 5.60 Å². The van der Waals surface area contributed by atoms with Crippen molar-refractivity contribution in [1.82, 2.24) is 0 Å². The normalized spacial score (nSPS) is 10.9. The van der Waals surface area contributed by atoms with Gasteiger partial charge in [-0.15, -0.1) is 0 Å². The van der Waals surface area contributed by atoms with Gasteiger partial charge in [0.25, 0.3) is 6.47 Å². The van der Waals surface area contributed by atoms with Gasteiger partial charge in [-0.3, -0.25) is 4.79 Å². The fourth-order valence-electron chi connectivity index (χ4n) is 2.79. The number of ether oxygens (including phenoxy) is 1. The lowest BCUT2D eigenvalue weighted by Crippen LogP contribution is -2.32. The van der Waals surface area contributed by atoms with Gasteiger partial charge in [-0.1, -0.05) is 91.0 Å². The molecule has 108 valence electrons. The Hall–Kier alpha value is -2.87. The van der Waals surface area contributed by atoms with Crippen LogP contribution in [0.3, 0.4) is 0 Å². The van der Waals surface area contributed by atoms with Crippen molar-refractivity contribution in [1.29, 1.82) is 0 Å². The molecule has 0 N–H and O–H groups in total. The highest BCUT2D eigenvalue weighted by Gasteiger charge is 2.38. The summed E-state index contributed by atoms with van der Waals surface area (Å²) >= 11 is 0. The SMILES string of the molecule is O=COC(c1ccccc1)(c1ccccc1)c1ccccc1. The molecule has 0 aromatic heterocycles. The van der Waals surface area contributed by atoms with E-state index in [9.17, 15) is 4.79 Å². The summed E-state index contributed by atoms with van der Waals surface area (Å²) in [6.45, 7) is 0.521. The molecule has 2 heteroatoms. The van der Waals surface area contributed by atoms with E-state index in [4.69, 9.17) is 4.74 Å². The average Bonchev–Trinajstić information content (AvgIpc) is 2.62. The summed E-state index contributed by atoms with van der Waals surface area (Å²) in [7, 11) is 0. The van der Waals surface area contributed by atoms with Crippen LogP contribution in [0.15, 0.2) is 91.0 Å². The molecule has 0 atom stereocenters. The maximum absolute atomic E-state index is 11.3. The van der Waals surface area contributed by atoms with Crippen molar-refractivity contribution in [3.8, 4) is 0 Å². The summed E-state index contributed by atoms with van der Waals surface area (Å²) < 4.78 is 5.71. The highest BCUT2D eigenvalue weighted by molar-refractivity contribution is 5.52. The Balaban J connectivity index is 2.31. The summed E-state index contributed by atoms with van der Waals surface area (Å²) in [5.74, 6) is 0. The van der Waals surface area contributed by atoms with E-state index in [1.165, 1.54) is 0 Å². The van der Waals surface area contributed by atoms with Crippen LogP contribution in [0.1, 0.15) is 16.7 Å². The molecule has 22 heavy (non-hydrogen) atoms. The maximum atomic E-state index is 11.3. The summed E-state index contributed by atoms with van der Waals surface area (Å²) in [4.78, 5) is 11.3. The Kier molecular flexibility index (Phi) is 4.01. The van der Waals surface area contributed by atoms with Crippen LogP contribution in [0.2, 0.25) is 0 Å². The third kappa shape index (κ3) is 2.40. The van der Waals surface area contributed by atoms with Crippen molar-refractivity contribution in [2.24, 2.45) is 0 Å². The molecule has 0 aliphatic rings. The Labute approximate surface area is 130 Å². The second-order valence-corrected chi connectivity index (χ2v) is 4.99. The molecular formula is C20H16O2. The smallest absolute Gasteiger partial charge is 0.294 e. The molecule has 3 rings (SSSR count). The van der Waals surface area contributed by atoms with Crippen molar-refractivity contribution in [2.75, 3.05) is 0 Å². The predicted octanol–water partition coefficient (Wildman–Crippen LogP) is 4.15. The van der Waals surface area contributed by atoms with Crippen molar-refractivity contribution in [3.05, 3.63) is 108 Å². The molecule has 0 saturated carbocycles. The topological polar surface area (TPSA) is 26.3 Å². The van der Waals surface area contributed by atoms with Gasteiger partial charge in [0.15, 0.2) is 5.60 Å². The van der Waals surface area contributed by atoms with Crippen LogP contribution in [0, 0.1) is 0 Å². The largest absolute Gasteiger partial charge is 0.446 e. The quantitative estimate of drug-likeness (QED) is 0.521. The number of benzene rings is 3. The lowest BCUT2D eigenvalue weighted by atomic mass is 9.80.